The zero-order valence-electron chi connectivity index (χ0n) is 7.86. The highest BCUT2D eigenvalue weighted by atomic mass is 35.5. The van der Waals surface area contributed by atoms with E-state index in [0.717, 1.165) is 0 Å². The molecule has 1 aromatic heterocycles. The fourth-order valence-corrected chi connectivity index (χ4v) is 1.17. The van der Waals surface area contributed by atoms with Crippen molar-refractivity contribution >= 4 is 29.8 Å². The Morgan fingerprint density at radius 3 is 2.79 bits per heavy atom. The molecule has 0 amide bonds. The third-order valence-electron chi connectivity index (χ3n) is 1.51. The average Bonchev–Trinajstić information content (AvgIpc) is 2.09. The van der Waals surface area contributed by atoms with Crippen LogP contribution in [-0.2, 0) is 4.79 Å². The molecule has 0 radical (unpaired) electrons. The molecule has 0 saturated heterocycles. The van der Waals surface area contributed by atoms with Crippen LogP contribution in [0.2, 0.25) is 5.02 Å². The molecule has 0 spiro atoms. The summed E-state index contributed by atoms with van der Waals surface area (Å²) in [6.07, 6.45) is 1.52. The van der Waals surface area contributed by atoms with Gasteiger partial charge in [-0.1, -0.05) is 37.7 Å². The number of hydrogen-bond acceptors (Lipinski definition) is 3. The number of rotatable bonds is 2. The minimum atomic E-state index is -0.330. The summed E-state index contributed by atoms with van der Waals surface area (Å²) in [6, 6.07) is 3.15. The van der Waals surface area contributed by atoms with Gasteiger partial charge in [0.1, 0.15) is 4.64 Å². The standard InChI is InChI=1S/C9H10ClNO2S/c1-6(2)9(12)13-11-4-3-7(10)5-8(11)14/h3-6H,1-2H3. The maximum atomic E-state index is 11.2. The van der Waals surface area contributed by atoms with Gasteiger partial charge in [0.25, 0.3) is 0 Å². The number of pyridine rings is 1. The molecule has 0 aliphatic heterocycles. The topological polar surface area (TPSA) is 31.2 Å². The third-order valence-corrected chi connectivity index (χ3v) is 2.04. The molecule has 0 atom stereocenters. The Labute approximate surface area is 92.2 Å². The molecule has 14 heavy (non-hydrogen) atoms. The summed E-state index contributed by atoms with van der Waals surface area (Å²) in [6.45, 7) is 3.50. The number of carbonyl (C=O) groups excluding carboxylic acids is 1. The fraction of sp³-hybridized carbons (Fsp3) is 0.333. The van der Waals surface area contributed by atoms with Crippen molar-refractivity contribution in [3.8, 4) is 0 Å². The van der Waals surface area contributed by atoms with E-state index in [0.29, 0.717) is 9.66 Å². The molecule has 1 heterocycles. The van der Waals surface area contributed by atoms with Gasteiger partial charge in [-0.3, -0.25) is 0 Å². The van der Waals surface area contributed by atoms with Crippen LogP contribution in [0.3, 0.4) is 0 Å². The number of aromatic nitrogens is 1. The Morgan fingerprint density at radius 1 is 1.64 bits per heavy atom. The summed E-state index contributed by atoms with van der Waals surface area (Å²) in [5.74, 6) is -0.518. The quantitative estimate of drug-likeness (QED) is 0.733. The highest BCUT2D eigenvalue weighted by molar-refractivity contribution is 7.71. The predicted molar refractivity (Wildman–Crippen MR) is 56.7 cm³/mol. The normalized spacial score (nSPS) is 10.3. The molecular weight excluding hydrogens is 222 g/mol. The lowest BCUT2D eigenvalue weighted by Crippen LogP contribution is -2.24. The van der Waals surface area contributed by atoms with Crippen molar-refractivity contribution < 1.29 is 9.63 Å². The lowest BCUT2D eigenvalue weighted by Gasteiger charge is -2.08. The van der Waals surface area contributed by atoms with Gasteiger partial charge >= 0.3 is 5.97 Å². The van der Waals surface area contributed by atoms with Crippen LogP contribution in [0.25, 0.3) is 0 Å². The summed E-state index contributed by atoms with van der Waals surface area (Å²) < 4.78 is 1.59. The molecule has 0 aliphatic rings. The molecule has 1 aromatic rings. The van der Waals surface area contributed by atoms with Crippen molar-refractivity contribution in [1.82, 2.24) is 4.73 Å². The Kier molecular flexibility index (Phi) is 3.66. The second-order valence-electron chi connectivity index (χ2n) is 3.07. The summed E-state index contributed by atoms with van der Waals surface area (Å²) >= 11 is 10.6. The van der Waals surface area contributed by atoms with E-state index in [9.17, 15) is 4.79 Å². The zero-order chi connectivity index (χ0) is 10.7. The highest BCUT2D eigenvalue weighted by Gasteiger charge is 2.09. The Morgan fingerprint density at radius 2 is 2.29 bits per heavy atom. The molecule has 1 rings (SSSR count). The van der Waals surface area contributed by atoms with Crippen LogP contribution in [0.15, 0.2) is 18.3 Å². The molecule has 0 unspecified atom stereocenters. The second-order valence-corrected chi connectivity index (χ2v) is 3.93. The van der Waals surface area contributed by atoms with Crippen LogP contribution in [0.5, 0.6) is 0 Å². The molecule has 0 aromatic carbocycles. The monoisotopic (exact) mass is 231 g/mol. The Hall–Kier alpha value is -0.870. The maximum absolute atomic E-state index is 11.2. The summed E-state index contributed by atoms with van der Waals surface area (Å²) in [5, 5.41) is 0.520. The van der Waals surface area contributed by atoms with Gasteiger partial charge in [-0.25, -0.2) is 4.79 Å². The van der Waals surface area contributed by atoms with Gasteiger partial charge in [-0.05, 0) is 12.1 Å². The van der Waals surface area contributed by atoms with Crippen molar-refractivity contribution in [2.45, 2.75) is 13.8 Å². The molecule has 0 fully saturated rings. The first-order valence-corrected chi connectivity index (χ1v) is 4.89. The van der Waals surface area contributed by atoms with Crippen LogP contribution in [0.1, 0.15) is 13.8 Å². The number of carbonyl (C=O) groups is 1. The molecule has 0 N–H and O–H groups in total. The molecule has 5 heteroatoms. The van der Waals surface area contributed by atoms with E-state index < -0.39 is 0 Å². The first-order valence-electron chi connectivity index (χ1n) is 4.11. The van der Waals surface area contributed by atoms with Crippen molar-refractivity contribution in [2.75, 3.05) is 0 Å². The van der Waals surface area contributed by atoms with E-state index in [1.807, 2.05) is 0 Å². The SMILES string of the molecule is CC(C)C(=O)On1ccc(Cl)cc1=S. The van der Waals surface area contributed by atoms with Gasteiger partial charge in [0.15, 0.2) is 0 Å². The molecule has 0 bridgehead atoms. The van der Waals surface area contributed by atoms with Crippen molar-refractivity contribution in [3.63, 3.8) is 0 Å². The van der Waals surface area contributed by atoms with E-state index in [4.69, 9.17) is 28.7 Å². The first kappa shape index (κ1) is 11.2. The summed E-state index contributed by atoms with van der Waals surface area (Å²) in [7, 11) is 0. The Bertz CT molecular complexity index is 400. The van der Waals surface area contributed by atoms with E-state index in [-0.39, 0.29) is 11.9 Å². The van der Waals surface area contributed by atoms with Crippen molar-refractivity contribution in [2.24, 2.45) is 5.92 Å². The number of hydrogen-bond donors (Lipinski definition) is 0. The third kappa shape index (κ3) is 2.82. The van der Waals surface area contributed by atoms with Crippen LogP contribution in [0.4, 0.5) is 0 Å². The van der Waals surface area contributed by atoms with Gasteiger partial charge in [0.05, 0.1) is 5.92 Å². The maximum Gasteiger partial charge on any atom is 0.335 e. The minimum absolute atomic E-state index is 0.187. The summed E-state index contributed by atoms with van der Waals surface area (Å²) in [4.78, 5) is 16.2. The van der Waals surface area contributed by atoms with Gasteiger partial charge < -0.3 is 4.84 Å². The summed E-state index contributed by atoms with van der Waals surface area (Å²) in [5.41, 5.74) is 0. The van der Waals surface area contributed by atoms with Crippen LogP contribution < -0.4 is 4.84 Å². The molecule has 0 saturated carbocycles. The Balaban J connectivity index is 2.88. The minimum Gasteiger partial charge on any atom is -0.335 e. The van der Waals surface area contributed by atoms with Crippen LogP contribution in [-0.4, -0.2) is 10.7 Å². The van der Waals surface area contributed by atoms with Crippen LogP contribution in [0, 0.1) is 10.6 Å². The molecular formula is C9H10ClNO2S. The van der Waals surface area contributed by atoms with Gasteiger partial charge in [-0.15, -0.1) is 0 Å². The van der Waals surface area contributed by atoms with Crippen LogP contribution >= 0.6 is 23.8 Å². The largest absolute Gasteiger partial charge is 0.335 e. The second kappa shape index (κ2) is 4.57. The van der Waals surface area contributed by atoms with E-state index in [1.54, 1.807) is 26.0 Å². The molecule has 3 nitrogen and oxygen atoms in total. The van der Waals surface area contributed by atoms with Gasteiger partial charge in [-0.2, -0.15) is 4.73 Å². The molecule has 76 valence electrons. The molecule has 0 aliphatic carbocycles. The average molecular weight is 232 g/mol. The van der Waals surface area contributed by atoms with E-state index in [2.05, 4.69) is 0 Å². The lowest BCUT2D eigenvalue weighted by molar-refractivity contribution is -0.148. The van der Waals surface area contributed by atoms with E-state index >= 15 is 0 Å². The zero-order valence-corrected chi connectivity index (χ0v) is 9.43. The fourth-order valence-electron chi connectivity index (χ4n) is 0.720. The van der Waals surface area contributed by atoms with Crippen molar-refractivity contribution in [3.05, 3.63) is 28.0 Å². The smallest absolute Gasteiger partial charge is 0.335 e. The van der Waals surface area contributed by atoms with Gasteiger partial charge in [0.2, 0.25) is 0 Å². The van der Waals surface area contributed by atoms with Crippen molar-refractivity contribution in [1.29, 1.82) is 0 Å². The van der Waals surface area contributed by atoms with Gasteiger partial charge in [0, 0.05) is 11.2 Å². The highest BCUT2D eigenvalue weighted by Crippen LogP contribution is 2.07. The lowest BCUT2D eigenvalue weighted by atomic mass is 10.2. The van der Waals surface area contributed by atoms with E-state index in [1.165, 1.54) is 10.9 Å². The number of nitrogens with zero attached hydrogens (tertiary/aromatic N) is 1. The number of halogens is 1. The predicted octanol–water partition coefficient (Wildman–Crippen LogP) is 2.48. The first-order chi connectivity index (χ1) is 6.50.